The maximum absolute atomic E-state index is 12.6. The van der Waals surface area contributed by atoms with Crippen molar-refractivity contribution >= 4 is 17.5 Å². The average Bonchev–Trinajstić information content (AvgIpc) is 3.15. The van der Waals surface area contributed by atoms with Crippen molar-refractivity contribution in [2.45, 2.75) is 38.9 Å². The van der Waals surface area contributed by atoms with Crippen LogP contribution in [0.5, 0.6) is 0 Å². The van der Waals surface area contributed by atoms with E-state index in [4.69, 9.17) is 11.6 Å². The van der Waals surface area contributed by atoms with Crippen molar-refractivity contribution in [2.24, 2.45) is 11.8 Å². The van der Waals surface area contributed by atoms with Gasteiger partial charge in [-0.2, -0.15) is 0 Å². The normalized spacial score (nSPS) is 26.6. The second-order valence-electron chi connectivity index (χ2n) is 6.28. The fourth-order valence-electron chi connectivity index (χ4n) is 2.84. The molecule has 1 amide bonds. The highest BCUT2D eigenvalue weighted by atomic mass is 35.5. The van der Waals surface area contributed by atoms with Crippen LogP contribution < -0.4 is 5.32 Å². The smallest absolute Gasteiger partial charge is 0.241 e. The van der Waals surface area contributed by atoms with Crippen molar-refractivity contribution in [1.29, 1.82) is 0 Å². The highest BCUT2D eigenvalue weighted by Crippen LogP contribution is 2.36. The molecule has 4 heteroatoms. The van der Waals surface area contributed by atoms with Gasteiger partial charge in [0.05, 0.1) is 6.04 Å². The van der Waals surface area contributed by atoms with Crippen LogP contribution in [-0.2, 0) is 4.79 Å². The van der Waals surface area contributed by atoms with Crippen molar-refractivity contribution in [2.75, 3.05) is 6.54 Å². The van der Waals surface area contributed by atoms with E-state index in [-0.39, 0.29) is 18.1 Å². The summed E-state index contributed by atoms with van der Waals surface area (Å²) in [5, 5.41) is 4.20. The van der Waals surface area contributed by atoms with E-state index in [1.807, 2.05) is 29.2 Å². The summed E-state index contributed by atoms with van der Waals surface area (Å²) < 4.78 is 0. The molecule has 1 saturated heterocycles. The number of hydrogen-bond donors (Lipinski definition) is 1. The number of nitrogens with one attached hydrogen (secondary N) is 1. The third-order valence-electron chi connectivity index (χ3n) is 4.18. The van der Waals surface area contributed by atoms with Crippen molar-refractivity contribution in [3.8, 4) is 0 Å². The lowest BCUT2D eigenvalue weighted by molar-refractivity contribution is -0.131. The standard InChI is InChI=1S/C16H21ClN2O/c1-10(2)14-16(20)19(9-11-6-7-11)15(18-14)12-4-3-5-13(17)8-12/h3-5,8,10-11,14-15,18H,6-7,9H2,1-2H3. The van der Waals surface area contributed by atoms with Gasteiger partial charge in [-0.1, -0.05) is 37.6 Å². The summed E-state index contributed by atoms with van der Waals surface area (Å²) in [5.74, 6) is 1.22. The van der Waals surface area contributed by atoms with E-state index in [0.29, 0.717) is 11.8 Å². The van der Waals surface area contributed by atoms with Crippen molar-refractivity contribution in [3.63, 3.8) is 0 Å². The second-order valence-corrected chi connectivity index (χ2v) is 6.72. The van der Waals surface area contributed by atoms with Gasteiger partial charge in [0.2, 0.25) is 5.91 Å². The molecule has 1 aromatic carbocycles. The molecular formula is C16H21ClN2O. The number of halogens is 1. The first-order chi connectivity index (χ1) is 9.56. The van der Waals surface area contributed by atoms with Gasteiger partial charge in [0, 0.05) is 11.6 Å². The molecule has 1 aliphatic heterocycles. The Morgan fingerprint density at radius 2 is 2.15 bits per heavy atom. The van der Waals surface area contributed by atoms with Gasteiger partial charge in [0.1, 0.15) is 6.17 Å². The van der Waals surface area contributed by atoms with Crippen LogP contribution in [0.3, 0.4) is 0 Å². The maximum Gasteiger partial charge on any atom is 0.241 e. The molecule has 108 valence electrons. The number of carbonyl (C=O) groups excluding carboxylic acids is 1. The summed E-state index contributed by atoms with van der Waals surface area (Å²) in [5.41, 5.74) is 1.08. The molecule has 1 N–H and O–H groups in total. The number of benzene rings is 1. The van der Waals surface area contributed by atoms with Crippen LogP contribution in [0, 0.1) is 11.8 Å². The quantitative estimate of drug-likeness (QED) is 0.924. The average molecular weight is 293 g/mol. The van der Waals surface area contributed by atoms with Gasteiger partial charge in [0.15, 0.2) is 0 Å². The Balaban J connectivity index is 1.87. The lowest BCUT2D eigenvalue weighted by Gasteiger charge is -2.24. The molecule has 1 saturated carbocycles. The number of hydrogen-bond acceptors (Lipinski definition) is 2. The summed E-state index contributed by atoms with van der Waals surface area (Å²) in [6.07, 6.45) is 2.46. The Kier molecular flexibility index (Phi) is 3.74. The largest absolute Gasteiger partial charge is 0.321 e. The van der Waals surface area contributed by atoms with E-state index >= 15 is 0 Å². The predicted molar refractivity (Wildman–Crippen MR) is 80.4 cm³/mol. The number of carbonyl (C=O) groups is 1. The fraction of sp³-hybridized carbons (Fsp3) is 0.562. The van der Waals surface area contributed by atoms with Crippen LogP contribution in [0.2, 0.25) is 5.02 Å². The Bertz CT molecular complexity index is 513. The van der Waals surface area contributed by atoms with Crippen LogP contribution >= 0.6 is 11.6 Å². The first-order valence-electron chi connectivity index (χ1n) is 7.38. The lowest BCUT2D eigenvalue weighted by Crippen LogP contribution is -2.35. The number of rotatable bonds is 4. The first kappa shape index (κ1) is 13.9. The molecule has 1 heterocycles. The molecule has 2 aliphatic rings. The van der Waals surface area contributed by atoms with Crippen molar-refractivity contribution in [1.82, 2.24) is 10.2 Å². The third kappa shape index (κ3) is 2.70. The van der Waals surface area contributed by atoms with E-state index in [2.05, 4.69) is 19.2 Å². The number of nitrogens with zero attached hydrogens (tertiary/aromatic N) is 1. The minimum atomic E-state index is -0.0854. The van der Waals surface area contributed by atoms with Crippen LogP contribution in [0.4, 0.5) is 0 Å². The van der Waals surface area contributed by atoms with E-state index in [1.165, 1.54) is 12.8 Å². The molecule has 0 spiro atoms. The molecule has 0 aromatic heterocycles. The maximum atomic E-state index is 12.6. The molecule has 0 radical (unpaired) electrons. The van der Waals surface area contributed by atoms with Gasteiger partial charge in [-0.05, 0) is 42.4 Å². The Labute approximate surface area is 125 Å². The van der Waals surface area contributed by atoms with E-state index in [1.54, 1.807) is 0 Å². The molecule has 2 unspecified atom stereocenters. The molecule has 2 fully saturated rings. The van der Waals surface area contributed by atoms with Gasteiger partial charge in [-0.25, -0.2) is 0 Å². The van der Waals surface area contributed by atoms with Crippen molar-refractivity contribution in [3.05, 3.63) is 34.9 Å². The topological polar surface area (TPSA) is 32.3 Å². The van der Waals surface area contributed by atoms with Crippen molar-refractivity contribution < 1.29 is 4.79 Å². The molecule has 3 rings (SSSR count). The van der Waals surface area contributed by atoms with Gasteiger partial charge >= 0.3 is 0 Å². The summed E-state index contributed by atoms with van der Waals surface area (Å²) in [6, 6.07) is 7.72. The highest BCUT2D eigenvalue weighted by molar-refractivity contribution is 6.30. The molecule has 3 nitrogen and oxygen atoms in total. The highest BCUT2D eigenvalue weighted by Gasteiger charge is 2.42. The molecule has 1 aliphatic carbocycles. The zero-order valence-corrected chi connectivity index (χ0v) is 12.7. The first-order valence-corrected chi connectivity index (χ1v) is 7.76. The Morgan fingerprint density at radius 1 is 1.40 bits per heavy atom. The van der Waals surface area contributed by atoms with Crippen LogP contribution in [0.15, 0.2) is 24.3 Å². The van der Waals surface area contributed by atoms with E-state index < -0.39 is 0 Å². The molecule has 20 heavy (non-hydrogen) atoms. The lowest BCUT2D eigenvalue weighted by atomic mass is 10.1. The second kappa shape index (κ2) is 5.38. The third-order valence-corrected chi connectivity index (χ3v) is 4.42. The SMILES string of the molecule is CC(C)C1NC(c2cccc(Cl)c2)N(CC2CC2)C1=O. The monoisotopic (exact) mass is 292 g/mol. The zero-order valence-electron chi connectivity index (χ0n) is 12.0. The van der Waals surface area contributed by atoms with Gasteiger partial charge in [-0.3, -0.25) is 10.1 Å². The minimum Gasteiger partial charge on any atom is -0.321 e. The van der Waals surface area contributed by atoms with Gasteiger partial charge in [-0.15, -0.1) is 0 Å². The molecular weight excluding hydrogens is 272 g/mol. The minimum absolute atomic E-state index is 0.0331. The van der Waals surface area contributed by atoms with E-state index in [9.17, 15) is 4.79 Å². The zero-order chi connectivity index (χ0) is 14.3. The summed E-state index contributed by atoms with van der Waals surface area (Å²) in [6.45, 7) is 5.04. The summed E-state index contributed by atoms with van der Waals surface area (Å²) in [7, 11) is 0. The predicted octanol–water partition coefficient (Wildman–Crippen LogP) is 3.21. The van der Waals surface area contributed by atoms with Crippen LogP contribution in [0.25, 0.3) is 0 Å². The Hall–Kier alpha value is -1.06. The fourth-order valence-corrected chi connectivity index (χ4v) is 3.04. The molecule has 2 atom stereocenters. The Morgan fingerprint density at radius 3 is 2.75 bits per heavy atom. The number of amides is 1. The van der Waals surface area contributed by atoms with Gasteiger partial charge in [0.25, 0.3) is 0 Å². The van der Waals surface area contributed by atoms with Crippen LogP contribution in [0.1, 0.15) is 38.4 Å². The molecule has 1 aromatic rings. The summed E-state index contributed by atoms with van der Waals surface area (Å²) in [4.78, 5) is 14.6. The van der Waals surface area contributed by atoms with Gasteiger partial charge < -0.3 is 4.90 Å². The molecule has 0 bridgehead atoms. The van der Waals surface area contributed by atoms with E-state index in [0.717, 1.165) is 17.1 Å². The summed E-state index contributed by atoms with van der Waals surface area (Å²) >= 11 is 6.09. The van der Waals surface area contributed by atoms with Crippen LogP contribution in [-0.4, -0.2) is 23.4 Å².